The molecular weight excluding hydrogens is 418 g/mol. The molecule has 8 heteroatoms. The third-order valence-corrected chi connectivity index (χ3v) is 5.47. The lowest BCUT2D eigenvalue weighted by atomic mass is 9.95. The summed E-state index contributed by atoms with van der Waals surface area (Å²) in [5, 5.41) is 13.4. The van der Waals surface area contributed by atoms with Crippen molar-refractivity contribution >= 4 is 50.7 Å². The third-order valence-electron chi connectivity index (χ3n) is 4.32. The van der Waals surface area contributed by atoms with E-state index in [2.05, 4.69) is 31.3 Å². The van der Waals surface area contributed by atoms with Crippen LogP contribution in [0.25, 0.3) is 11.0 Å². The first-order valence-electron chi connectivity index (χ1n) is 8.19. The average Bonchev–Trinajstić information content (AvgIpc) is 3.08. The van der Waals surface area contributed by atoms with E-state index in [1.54, 1.807) is 6.21 Å². The fourth-order valence-electron chi connectivity index (χ4n) is 2.98. The number of aryl methyl sites for hydroxylation is 1. The van der Waals surface area contributed by atoms with Crippen molar-refractivity contribution in [2.24, 2.45) is 5.10 Å². The zero-order valence-corrected chi connectivity index (χ0v) is 16.0. The smallest absolute Gasteiger partial charge is 0.263 e. The van der Waals surface area contributed by atoms with E-state index in [1.807, 2.05) is 53.2 Å². The second kappa shape index (κ2) is 7.17. The summed E-state index contributed by atoms with van der Waals surface area (Å²) in [5.41, 5.74) is 2.79. The number of carbonyl (C=O) groups excluding carboxylic acids is 1. The average molecular weight is 433 g/mol. The highest BCUT2D eigenvalue weighted by Gasteiger charge is 2.48. The molecule has 1 saturated heterocycles. The molecule has 1 amide bonds. The molecule has 2 aromatic carbocycles. The number of benzene rings is 2. The predicted octanol–water partition coefficient (Wildman–Crippen LogP) is 3.76. The van der Waals surface area contributed by atoms with E-state index in [1.165, 1.54) is 5.01 Å². The fraction of sp³-hybridized carbons (Fsp3) is 0.222. The monoisotopic (exact) mass is 431 g/mol. The van der Waals surface area contributed by atoms with Gasteiger partial charge in [-0.2, -0.15) is 5.10 Å². The largest absolute Gasteiger partial charge is 0.271 e. The van der Waals surface area contributed by atoms with E-state index in [0.29, 0.717) is 13.0 Å². The van der Waals surface area contributed by atoms with Gasteiger partial charge in [-0.15, -0.1) is 16.7 Å². The number of fused-ring (bicyclic) bond motifs is 1. The Morgan fingerprint density at radius 2 is 1.96 bits per heavy atom. The van der Waals surface area contributed by atoms with Crippen LogP contribution in [0.5, 0.6) is 0 Å². The topological polar surface area (TPSA) is 63.4 Å². The molecule has 4 rings (SSSR count). The molecule has 1 fully saturated rings. The summed E-state index contributed by atoms with van der Waals surface area (Å²) in [5.74, 6) is -0.185. The van der Waals surface area contributed by atoms with Crippen LogP contribution < -0.4 is 0 Å². The molecule has 26 heavy (non-hydrogen) atoms. The molecule has 0 bridgehead atoms. The Kier molecular flexibility index (Phi) is 4.74. The van der Waals surface area contributed by atoms with Crippen LogP contribution in [0.15, 0.2) is 58.1 Å². The minimum atomic E-state index is -0.592. The van der Waals surface area contributed by atoms with Crippen LogP contribution in [0.2, 0.25) is 0 Å². The first-order valence-corrected chi connectivity index (χ1v) is 9.42. The Balaban J connectivity index is 1.44. The van der Waals surface area contributed by atoms with Crippen LogP contribution >= 0.6 is 27.5 Å². The van der Waals surface area contributed by atoms with E-state index >= 15 is 0 Å². The van der Waals surface area contributed by atoms with Crippen molar-refractivity contribution in [3.8, 4) is 0 Å². The Hall–Kier alpha value is -2.25. The number of amides is 1. The van der Waals surface area contributed by atoms with Crippen LogP contribution in [0.4, 0.5) is 0 Å². The summed E-state index contributed by atoms with van der Waals surface area (Å²) in [7, 11) is 0. The van der Waals surface area contributed by atoms with Crippen molar-refractivity contribution in [2.75, 3.05) is 0 Å². The lowest BCUT2D eigenvalue weighted by molar-refractivity contribution is -0.145. The van der Waals surface area contributed by atoms with Crippen molar-refractivity contribution < 1.29 is 4.79 Å². The van der Waals surface area contributed by atoms with Gasteiger partial charge in [0.15, 0.2) is 0 Å². The summed E-state index contributed by atoms with van der Waals surface area (Å²) in [6.45, 7) is 0.635. The van der Waals surface area contributed by atoms with E-state index in [9.17, 15) is 4.79 Å². The van der Waals surface area contributed by atoms with Crippen molar-refractivity contribution in [3.63, 3.8) is 0 Å². The van der Waals surface area contributed by atoms with Gasteiger partial charge in [0.1, 0.15) is 16.9 Å². The third kappa shape index (κ3) is 3.01. The quantitative estimate of drug-likeness (QED) is 0.350. The number of hydrazone groups is 1. The molecule has 0 spiro atoms. The normalized spacial score (nSPS) is 20.1. The Labute approximate surface area is 163 Å². The standard InChI is InChI=1S/C18H15BrClN5O/c19-13-7-2-1-6-12(13)17-16(20)18(26)25(17)21-10-5-11-24-15-9-4-3-8-14(15)22-23-24/h1-4,6-10,16-17H,5,11H2/b21-10+. The summed E-state index contributed by atoms with van der Waals surface area (Å²) in [4.78, 5) is 12.1. The molecule has 0 radical (unpaired) electrons. The number of hydrogen-bond donors (Lipinski definition) is 0. The number of halogens is 2. The lowest BCUT2D eigenvalue weighted by Gasteiger charge is -2.41. The van der Waals surface area contributed by atoms with Gasteiger partial charge in [-0.25, -0.2) is 9.69 Å². The minimum Gasteiger partial charge on any atom is -0.271 e. The van der Waals surface area contributed by atoms with Crippen LogP contribution in [-0.4, -0.2) is 37.5 Å². The van der Waals surface area contributed by atoms with E-state index in [4.69, 9.17) is 11.6 Å². The van der Waals surface area contributed by atoms with Gasteiger partial charge >= 0.3 is 0 Å². The highest BCUT2D eigenvalue weighted by molar-refractivity contribution is 9.10. The number of β-lactam (4-membered cyclic amide) rings is 1. The molecule has 0 N–H and O–H groups in total. The van der Waals surface area contributed by atoms with E-state index in [-0.39, 0.29) is 11.9 Å². The van der Waals surface area contributed by atoms with Gasteiger partial charge in [-0.3, -0.25) is 4.79 Å². The molecule has 1 aliphatic rings. The second-order valence-corrected chi connectivity index (χ2v) is 7.26. The number of para-hydroxylation sites is 1. The van der Waals surface area contributed by atoms with Crippen molar-refractivity contribution in [1.29, 1.82) is 0 Å². The molecule has 2 atom stereocenters. The van der Waals surface area contributed by atoms with Gasteiger partial charge in [0, 0.05) is 23.7 Å². The lowest BCUT2D eigenvalue weighted by Crippen LogP contribution is -2.53. The SMILES string of the molecule is O=C1C(Cl)C(c2ccccc2Br)N1/N=C/CCn1nnc2ccccc21. The van der Waals surface area contributed by atoms with Gasteiger partial charge in [0.05, 0.1) is 5.52 Å². The number of nitrogens with zero attached hydrogens (tertiary/aromatic N) is 5. The van der Waals surface area contributed by atoms with E-state index in [0.717, 1.165) is 21.1 Å². The van der Waals surface area contributed by atoms with Crippen molar-refractivity contribution in [1.82, 2.24) is 20.0 Å². The summed E-state index contributed by atoms with van der Waals surface area (Å²) in [6, 6.07) is 15.3. The first kappa shape index (κ1) is 17.2. The number of hydrogen-bond acceptors (Lipinski definition) is 4. The highest BCUT2D eigenvalue weighted by Crippen LogP contribution is 2.41. The summed E-state index contributed by atoms with van der Waals surface area (Å²) < 4.78 is 2.74. The fourth-order valence-corrected chi connectivity index (χ4v) is 3.84. The van der Waals surface area contributed by atoms with Gasteiger partial charge in [-0.1, -0.05) is 51.5 Å². The van der Waals surface area contributed by atoms with Crippen LogP contribution in [0.3, 0.4) is 0 Å². The molecule has 0 saturated carbocycles. The molecule has 0 aliphatic carbocycles. The molecule has 2 heterocycles. The molecular formula is C18H15BrClN5O. The molecule has 2 unspecified atom stereocenters. The maximum atomic E-state index is 12.1. The number of carbonyl (C=O) groups is 1. The maximum Gasteiger partial charge on any atom is 0.263 e. The van der Waals surface area contributed by atoms with Gasteiger partial charge in [0.2, 0.25) is 0 Å². The number of rotatable bonds is 5. The molecule has 3 aromatic rings. The molecule has 6 nitrogen and oxygen atoms in total. The van der Waals surface area contributed by atoms with E-state index < -0.39 is 5.38 Å². The minimum absolute atomic E-state index is 0.185. The zero-order chi connectivity index (χ0) is 18.1. The number of alkyl halides is 1. The Morgan fingerprint density at radius 3 is 2.81 bits per heavy atom. The zero-order valence-electron chi connectivity index (χ0n) is 13.7. The van der Waals surface area contributed by atoms with Crippen LogP contribution in [0, 0.1) is 0 Å². The summed E-state index contributed by atoms with van der Waals surface area (Å²) >= 11 is 9.73. The van der Waals surface area contributed by atoms with Crippen molar-refractivity contribution in [3.05, 3.63) is 58.6 Å². The van der Waals surface area contributed by atoms with Gasteiger partial charge in [-0.05, 0) is 23.8 Å². The molecule has 1 aromatic heterocycles. The molecule has 132 valence electrons. The van der Waals surface area contributed by atoms with Crippen molar-refractivity contribution in [2.45, 2.75) is 24.4 Å². The van der Waals surface area contributed by atoms with Crippen LogP contribution in [-0.2, 0) is 11.3 Å². The van der Waals surface area contributed by atoms with Gasteiger partial charge < -0.3 is 0 Å². The first-order chi connectivity index (χ1) is 12.7. The Morgan fingerprint density at radius 1 is 1.19 bits per heavy atom. The Bertz CT molecular complexity index is 988. The summed E-state index contributed by atoms with van der Waals surface area (Å²) in [6.07, 6.45) is 2.35. The highest BCUT2D eigenvalue weighted by atomic mass is 79.9. The predicted molar refractivity (Wildman–Crippen MR) is 104 cm³/mol. The number of aromatic nitrogens is 3. The second-order valence-electron chi connectivity index (χ2n) is 5.94. The van der Waals surface area contributed by atoms with Gasteiger partial charge in [0.25, 0.3) is 5.91 Å². The molecule has 1 aliphatic heterocycles. The maximum absolute atomic E-state index is 12.1. The van der Waals surface area contributed by atoms with Crippen LogP contribution in [0.1, 0.15) is 18.0 Å².